The number of nitrogens with one attached hydrogen (secondary N) is 1. The zero-order valence-corrected chi connectivity index (χ0v) is 12.6. The first-order chi connectivity index (χ1) is 10.6. The van der Waals surface area contributed by atoms with Crippen LogP contribution in [-0.4, -0.2) is 17.4 Å². The lowest BCUT2D eigenvalue weighted by atomic mass is 10.1. The van der Waals surface area contributed by atoms with Gasteiger partial charge in [-0.1, -0.05) is 0 Å². The average molecular weight is 295 g/mol. The number of carbonyl (C=O) groups excluding carboxylic acids is 1. The minimum Gasteiger partial charge on any atom is -0.478 e. The highest BCUT2D eigenvalue weighted by Gasteiger charge is 2.07. The van der Waals surface area contributed by atoms with E-state index in [2.05, 4.69) is 16.4 Å². The van der Waals surface area contributed by atoms with Gasteiger partial charge in [-0.2, -0.15) is 5.26 Å². The minimum absolute atomic E-state index is 0.0323. The molecule has 1 heterocycles. The summed E-state index contributed by atoms with van der Waals surface area (Å²) in [5.41, 5.74) is 2.70. The van der Waals surface area contributed by atoms with Gasteiger partial charge in [-0.3, -0.25) is 4.79 Å². The van der Waals surface area contributed by atoms with Crippen LogP contribution in [0.4, 0.5) is 5.69 Å². The fourth-order valence-electron chi connectivity index (χ4n) is 1.99. The van der Waals surface area contributed by atoms with Crippen LogP contribution in [-0.2, 0) is 6.54 Å². The van der Waals surface area contributed by atoms with Gasteiger partial charge in [0.25, 0.3) is 0 Å². The first-order valence-corrected chi connectivity index (χ1v) is 7.00. The summed E-state index contributed by atoms with van der Waals surface area (Å²) in [4.78, 5) is 15.6. The third kappa shape index (κ3) is 3.83. The highest BCUT2D eigenvalue weighted by molar-refractivity contribution is 5.95. The molecule has 0 aliphatic rings. The molecule has 5 heteroatoms. The maximum Gasteiger partial charge on any atom is 0.213 e. The summed E-state index contributed by atoms with van der Waals surface area (Å²) < 4.78 is 5.36. The van der Waals surface area contributed by atoms with Gasteiger partial charge < -0.3 is 10.1 Å². The second-order valence-corrected chi connectivity index (χ2v) is 4.72. The van der Waals surface area contributed by atoms with E-state index in [1.54, 1.807) is 24.4 Å². The van der Waals surface area contributed by atoms with Crippen LogP contribution in [0, 0.1) is 11.3 Å². The number of hydrogen-bond donors (Lipinski definition) is 1. The van der Waals surface area contributed by atoms with Gasteiger partial charge in [0.15, 0.2) is 5.78 Å². The van der Waals surface area contributed by atoms with Gasteiger partial charge in [0.2, 0.25) is 5.88 Å². The van der Waals surface area contributed by atoms with E-state index in [4.69, 9.17) is 10.00 Å². The Hall–Kier alpha value is -2.87. The lowest BCUT2D eigenvalue weighted by Crippen LogP contribution is -2.04. The molecule has 5 nitrogen and oxygen atoms in total. The Balaban J connectivity index is 2.17. The van der Waals surface area contributed by atoms with E-state index in [0.717, 1.165) is 5.56 Å². The molecule has 0 amide bonds. The summed E-state index contributed by atoms with van der Waals surface area (Å²) in [6, 6.07) is 10.8. The number of nitrogens with zero attached hydrogens (tertiary/aromatic N) is 2. The summed E-state index contributed by atoms with van der Waals surface area (Å²) in [6.07, 6.45) is 1.68. The molecule has 1 aromatic heterocycles. The van der Waals surface area contributed by atoms with E-state index in [0.29, 0.717) is 35.8 Å². The summed E-state index contributed by atoms with van der Waals surface area (Å²) in [5, 5.41) is 12.3. The van der Waals surface area contributed by atoms with Crippen molar-refractivity contribution in [2.24, 2.45) is 0 Å². The summed E-state index contributed by atoms with van der Waals surface area (Å²) in [6.45, 7) is 4.48. The van der Waals surface area contributed by atoms with Crippen LogP contribution in [0.2, 0.25) is 0 Å². The van der Waals surface area contributed by atoms with Crippen molar-refractivity contribution in [2.45, 2.75) is 20.4 Å². The molecule has 0 bridgehead atoms. The van der Waals surface area contributed by atoms with Gasteiger partial charge in [0, 0.05) is 24.4 Å². The molecule has 0 unspecified atom stereocenters. The molecule has 112 valence electrons. The molecule has 0 spiro atoms. The largest absolute Gasteiger partial charge is 0.478 e. The number of aromatic nitrogens is 1. The molecular formula is C17H17N3O2. The molecule has 1 aromatic carbocycles. The molecule has 1 N–H and O–H groups in total. The van der Waals surface area contributed by atoms with Gasteiger partial charge >= 0.3 is 0 Å². The Kier molecular flexibility index (Phi) is 5.10. The smallest absolute Gasteiger partial charge is 0.213 e. The third-order valence-corrected chi connectivity index (χ3v) is 3.12. The van der Waals surface area contributed by atoms with Crippen LogP contribution >= 0.6 is 0 Å². The van der Waals surface area contributed by atoms with Gasteiger partial charge in [-0.05, 0) is 43.7 Å². The van der Waals surface area contributed by atoms with Crippen LogP contribution in [0.15, 0.2) is 36.5 Å². The average Bonchev–Trinajstić information content (AvgIpc) is 2.53. The fourth-order valence-corrected chi connectivity index (χ4v) is 1.99. The van der Waals surface area contributed by atoms with Crippen LogP contribution < -0.4 is 10.1 Å². The molecule has 0 saturated heterocycles. The van der Waals surface area contributed by atoms with E-state index >= 15 is 0 Å². The van der Waals surface area contributed by atoms with Gasteiger partial charge in [-0.15, -0.1) is 0 Å². The second-order valence-electron chi connectivity index (χ2n) is 4.72. The van der Waals surface area contributed by atoms with Crippen molar-refractivity contribution in [2.75, 3.05) is 11.9 Å². The maximum atomic E-state index is 11.5. The number of benzene rings is 1. The molecule has 0 aliphatic heterocycles. The van der Waals surface area contributed by atoms with Crippen molar-refractivity contribution in [3.8, 4) is 11.9 Å². The van der Waals surface area contributed by atoms with Crippen molar-refractivity contribution in [1.82, 2.24) is 4.98 Å². The number of hydrogen-bond acceptors (Lipinski definition) is 5. The number of rotatable bonds is 6. The van der Waals surface area contributed by atoms with Crippen molar-refractivity contribution >= 4 is 11.5 Å². The Bertz CT molecular complexity index is 720. The molecule has 2 rings (SSSR count). The number of ketones is 1. The third-order valence-electron chi connectivity index (χ3n) is 3.12. The Morgan fingerprint density at radius 1 is 1.36 bits per heavy atom. The summed E-state index contributed by atoms with van der Waals surface area (Å²) in [5.74, 6) is 0.537. The summed E-state index contributed by atoms with van der Waals surface area (Å²) >= 11 is 0. The Morgan fingerprint density at radius 3 is 2.86 bits per heavy atom. The number of nitriles is 1. The highest BCUT2D eigenvalue weighted by Crippen LogP contribution is 2.19. The molecule has 0 saturated carbocycles. The van der Waals surface area contributed by atoms with Crippen LogP contribution in [0.25, 0.3) is 0 Å². The molecule has 0 atom stereocenters. The topological polar surface area (TPSA) is 75.0 Å². The maximum absolute atomic E-state index is 11.5. The molecule has 0 radical (unpaired) electrons. The zero-order chi connectivity index (χ0) is 15.9. The standard InChI is InChI=1S/C17H17N3O2/c1-3-22-17-8-13(6-7-19-17)11-20-16-9-14(12(2)21)4-5-15(16)10-18/h4-9,20H,3,11H2,1-2H3. The predicted octanol–water partition coefficient (Wildman–Crippen LogP) is 3.17. The van der Waals surface area contributed by atoms with E-state index in [-0.39, 0.29) is 5.78 Å². The van der Waals surface area contributed by atoms with Gasteiger partial charge in [-0.25, -0.2) is 4.98 Å². The van der Waals surface area contributed by atoms with Crippen molar-refractivity contribution in [1.29, 1.82) is 5.26 Å². The first kappa shape index (κ1) is 15.5. The van der Waals surface area contributed by atoms with Crippen molar-refractivity contribution in [3.05, 3.63) is 53.2 Å². The quantitative estimate of drug-likeness (QED) is 0.828. The Labute approximate surface area is 129 Å². The van der Waals surface area contributed by atoms with Gasteiger partial charge in [0.05, 0.1) is 17.9 Å². The fraction of sp³-hybridized carbons (Fsp3) is 0.235. The van der Waals surface area contributed by atoms with Crippen molar-refractivity contribution in [3.63, 3.8) is 0 Å². The van der Waals surface area contributed by atoms with Gasteiger partial charge in [0.1, 0.15) is 6.07 Å². The number of ether oxygens (including phenoxy) is 1. The number of anilines is 1. The second kappa shape index (κ2) is 7.23. The normalized spacial score (nSPS) is 9.86. The summed E-state index contributed by atoms with van der Waals surface area (Å²) in [7, 11) is 0. The SMILES string of the molecule is CCOc1cc(CNc2cc(C(C)=O)ccc2C#N)ccn1. The zero-order valence-electron chi connectivity index (χ0n) is 12.6. The number of pyridine rings is 1. The molecule has 0 fully saturated rings. The predicted molar refractivity (Wildman–Crippen MR) is 83.9 cm³/mol. The molecular weight excluding hydrogens is 278 g/mol. The van der Waals surface area contributed by atoms with E-state index in [1.807, 2.05) is 19.1 Å². The molecule has 22 heavy (non-hydrogen) atoms. The number of Topliss-reactive ketones (excluding diaryl/α,β-unsaturated/α-hetero) is 1. The van der Waals surface area contributed by atoms with E-state index < -0.39 is 0 Å². The monoisotopic (exact) mass is 295 g/mol. The Morgan fingerprint density at radius 2 is 2.18 bits per heavy atom. The van der Waals surface area contributed by atoms with Crippen molar-refractivity contribution < 1.29 is 9.53 Å². The van der Waals surface area contributed by atoms with Crippen LogP contribution in [0.1, 0.15) is 35.3 Å². The molecule has 2 aromatic rings. The number of carbonyl (C=O) groups is 1. The minimum atomic E-state index is -0.0323. The highest BCUT2D eigenvalue weighted by atomic mass is 16.5. The molecule has 0 aliphatic carbocycles. The van der Waals surface area contributed by atoms with Crippen LogP contribution in [0.5, 0.6) is 5.88 Å². The lowest BCUT2D eigenvalue weighted by Gasteiger charge is -2.10. The van der Waals surface area contributed by atoms with E-state index in [1.165, 1.54) is 6.92 Å². The lowest BCUT2D eigenvalue weighted by molar-refractivity contribution is 0.101. The van der Waals surface area contributed by atoms with E-state index in [9.17, 15) is 4.79 Å². The first-order valence-electron chi connectivity index (χ1n) is 7.00. The van der Waals surface area contributed by atoms with Crippen LogP contribution in [0.3, 0.4) is 0 Å².